The van der Waals surface area contributed by atoms with Crippen LogP contribution in [0.3, 0.4) is 0 Å². The Morgan fingerprint density at radius 2 is 2.05 bits per heavy atom. The van der Waals surface area contributed by atoms with Gasteiger partial charge < -0.3 is 4.42 Å². The number of aromatic nitrogens is 1. The fraction of sp³-hybridized carbons (Fsp3) is 0.188. The van der Waals surface area contributed by atoms with Gasteiger partial charge in [0.1, 0.15) is 5.52 Å². The maximum atomic E-state index is 6.10. The SMILES string of the molecule is Cc1cc(Cl)cc(C(Br)Cc2nc3ccccc3o2)c1. The number of para-hydroxylation sites is 2. The van der Waals surface area contributed by atoms with Crippen LogP contribution in [0.5, 0.6) is 0 Å². The van der Waals surface area contributed by atoms with Gasteiger partial charge in [0, 0.05) is 16.3 Å². The van der Waals surface area contributed by atoms with Crippen LogP contribution < -0.4 is 0 Å². The molecule has 0 N–H and O–H groups in total. The molecule has 0 bridgehead atoms. The van der Waals surface area contributed by atoms with Crippen LogP contribution in [0.25, 0.3) is 11.1 Å². The van der Waals surface area contributed by atoms with Crippen molar-refractivity contribution in [2.45, 2.75) is 18.2 Å². The molecule has 0 aliphatic heterocycles. The first-order valence-corrected chi connectivity index (χ1v) is 7.67. The molecule has 102 valence electrons. The lowest BCUT2D eigenvalue weighted by Gasteiger charge is -2.09. The normalized spacial score (nSPS) is 12.8. The van der Waals surface area contributed by atoms with E-state index in [0.717, 1.165) is 33.1 Å². The molecular formula is C16H13BrClNO. The maximum absolute atomic E-state index is 6.10. The molecule has 0 amide bonds. The first kappa shape index (κ1) is 13.7. The van der Waals surface area contributed by atoms with Crippen molar-refractivity contribution < 1.29 is 4.42 Å². The van der Waals surface area contributed by atoms with E-state index in [1.807, 2.05) is 43.3 Å². The highest BCUT2D eigenvalue weighted by atomic mass is 79.9. The number of aryl methyl sites for hydroxylation is 1. The molecule has 0 radical (unpaired) electrons. The first-order valence-electron chi connectivity index (χ1n) is 6.37. The predicted molar refractivity (Wildman–Crippen MR) is 85.6 cm³/mol. The van der Waals surface area contributed by atoms with Gasteiger partial charge in [0.05, 0.1) is 0 Å². The number of hydrogen-bond acceptors (Lipinski definition) is 2. The molecule has 4 heteroatoms. The fourth-order valence-electron chi connectivity index (χ4n) is 2.22. The van der Waals surface area contributed by atoms with Crippen LogP contribution in [0.15, 0.2) is 46.9 Å². The minimum Gasteiger partial charge on any atom is -0.441 e. The quantitative estimate of drug-likeness (QED) is 0.586. The topological polar surface area (TPSA) is 26.0 Å². The van der Waals surface area contributed by atoms with E-state index in [4.69, 9.17) is 16.0 Å². The summed E-state index contributed by atoms with van der Waals surface area (Å²) in [6.07, 6.45) is 0.689. The summed E-state index contributed by atoms with van der Waals surface area (Å²) in [6, 6.07) is 13.8. The van der Waals surface area contributed by atoms with Gasteiger partial charge in [0.25, 0.3) is 0 Å². The van der Waals surface area contributed by atoms with Gasteiger partial charge >= 0.3 is 0 Å². The minimum atomic E-state index is 0.132. The highest BCUT2D eigenvalue weighted by Gasteiger charge is 2.14. The van der Waals surface area contributed by atoms with Gasteiger partial charge in [0.2, 0.25) is 0 Å². The average Bonchev–Trinajstić information content (AvgIpc) is 2.79. The number of fused-ring (bicyclic) bond motifs is 1. The Morgan fingerprint density at radius 1 is 1.25 bits per heavy atom. The zero-order valence-corrected chi connectivity index (χ0v) is 13.3. The van der Waals surface area contributed by atoms with E-state index in [0.29, 0.717) is 6.42 Å². The van der Waals surface area contributed by atoms with Crippen LogP contribution in [0.4, 0.5) is 0 Å². The molecule has 1 unspecified atom stereocenters. The molecule has 0 aliphatic carbocycles. The number of alkyl halides is 1. The number of nitrogens with zero attached hydrogens (tertiary/aromatic N) is 1. The fourth-order valence-corrected chi connectivity index (χ4v) is 3.06. The minimum absolute atomic E-state index is 0.132. The van der Waals surface area contributed by atoms with Crippen molar-refractivity contribution in [1.82, 2.24) is 4.98 Å². The third-order valence-electron chi connectivity index (χ3n) is 3.12. The van der Waals surface area contributed by atoms with Crippen LogP contribution in [0, 0.1) is 6.92 Å². The van der Waals surface area contributed by atoms with E-state index in [-0.39, 0.29) is 4.83 Å². The lowest BCUT2D eigenvalue weighted by atomic mass is 10.1. The molecular weight excluding hydrogens is 338 g/mol. The van der Waals surface area contributed by atoms with E-state index >= 15 is 0 Å². The Bertz CT molecular complexity index is 700. The molecule has 1 atom stereocenters. The van der Waals surface area contributed by atoms with Crippen molar-refractivity contribution in [2.75, 3.05) is 0 Å². The maximum Gasteiger partial charge on any atom is 0.196 e. The third kappa shape index (κ3) is 2.89. The van der Waals surface area contributed by atoms with Crippen molar-refractivity contribution >= 4 is 38.6 Å². The Morgan fingerprint density at radius 3 is 2.80 bits per heavy atom. The van der Waals surface area contributed by atoms with Crippen LogP contribution in [0.2, 0.25) is 5.02 Å². The van der Waals surface area contributed by atoms with Crippen molar-refractivity contribution in [3.05, 3.63) is 64.5 Å². The Hall–Kier alpha value is -1.32. The molecule has 0 saturated carbocycles. The number of rotatable bonds is 3. The van der Waals surface area contributed by atoms with Gasteiger partial charge in [-0.05, 0) is 42.3 Å². The molecule has 2 aromatic carbocycles. The number of benzene rings is 2. The molecule has 3 rings (SSSR count). The second kappa shape index (κ2) is 5.58. The van der Waals surface area contributed by atoms with Crippen LogP contribution in [0.1, 0.15) is 21.8 Å². The Balaban J connectivity index is 1.86. The van der Waals surface area contributed by atoms with E-state index in [1.165, 1.54) is 0 Å². The van der Waals surface area contributed by atoms with Gasteiger partial charge in [-0.1, -0.05) is 45.7 Å². The molecule has 20 heavy (non-hydrogen) atoms. The summed E-state index contributed by atoms with van der Waals surface area (Å²) in [6.45, 7) is 2.04. The summed E-state index contributed by atoms with van der Waals surface area (Å²) in [4.78, 5) is 4.63. The highest BCUT2D eigenvalue weighted by Crippen LogP contribution is 2.30. The van der Waals surface area contributed by atoms with Gasteiger partial charge in [-0.3, -0.25) is 0 Å². The van der Waals surface area contributed by atoms with Crippen LogP contribution >= 0.6 is 27.5 Å². The Kier molecular flexibility index (Phi) is 3.81. The zero-order chi connectivity index (χ0) is 14.1. The van der Waals surface area contributed by atoms with Crippen molar-refractivity contribution in [3.63, 3.8) is 0 Å². The van der Waals surface area contributed by atoms with Crippen LogP contribution in [-0.2, 0) is 6.42 Å². The van der Waals surface area contributed by atoms with Crippen molar-refractivity contribution in [1.29, 1.82) is 0 Å². The Labute approximate surface area is 130 Å². The summed E-state index contributed by atoms with van der Waals surface area (Å²) in [7, 11) is 0. The lowest BCUT2D eigenvalue weighted by molar-refractivity contribution is 0.527. The van der Waals surface area contributed by atoms with Gasteiger partial charge in [-0.15, -0.1) is 0 Å². The summed E-state index contributed by atoms with van der Waals surface area (Å²) in [5.41, 5.74) is 4.00. The molecule has 0 aliphatic rings. The van der Waals surface area contributed by atoms with E-state index < -0.39 is 0 Å². The number of oxazole rings is 1. The average molecular weight is 351 g/mol. The predicted octanol–water partition coefficient (Wildman–Crippen LogP) is 5.47. The highest BCUT2D eigenvalue weighted by molar-refractivity contribution is 9.09. The number of halogens is 2. The monoisotopic (exact) mass is 349 g/mol. The van der Waals surface area contributed by atoms with Gasteiger partial charge in [-0.2, -0.15) is 0 Å². The van der Waals surface area contributed by atoms with E-state index in [1.54, 1.807) is 0 Å². The zero-order valence-electron chi connectivity index (χ0n) is 10.9. The molecule has 1 heterocycles. The summed E-state index contributed by atoms with van der Waals surface area (Å²) >= 11 is 9.79. The molecule has 0 saturated heterocycles. The van der Waals surface area contributed by atoms with E-state index in [9.17, 15) is 0 Å². The molecule has 0 fully saturated rings. The van der Waals surface area contributed by atoms with Crippen molar-refractivity contribution in [3.8, 4) is 0 Å². The largest absolute Gasteiger partial charge is 0.441 e. The molecule has 0 spiro atoms. The third-order valence-corrected chi connectivity index (χ3v) is 4.19. The molecule has 3 aromatic rings. The standard InChI is InChI=1S/C16H13BrClNO/c1-10-6-11(8-12(18)7-10)13(17)9-16-19-14-4-2-3-5-15(14)20-16/h2-8,13H,9H2,1H3. The molecule has 1 aromatic heterocycles. The summed E-state index contributed by atoms with van der Waals surface area (Å²) < 4.78 is 5.75. The lowest BCUT2D eigenvalue weighted by Crippen LogP contribution is -1.96. The first-order chi connectivity index (χ1) is 9.61. The summed E-state index contributed by atoms with van der Waals surface area (Å²) in [5, 5.41) is 0.752. The number of hydrogen-bond donors (Lipinski definition) is 0. The summed E-state index contributed by atoms with van der Waals surface area (Å²) in [5.74, 6) is 0.728. The second-order valence-electron chi connectivity index (χ2n) is 4.81. The van der Waals surface area contributed by atoms with Gasteiger partial charge in [0.15, 0.2) is 11.5 Å². The molecule has 2 nitrogen and oxygen atoms in total. The van der Waals surface area contributed by atoms with Gasteiger partial charge in [-0.25, -0.2) is 4.98 Å². The van der Waals surface area contributed by atoms with Crippen molar-refractivity contribution in [2.24, 2.45) is 0 Å². The van der Waals surface area contributed by atoms with Crippen LogP contribution in [-0.4, -0.2) is 4.98 Å². The smallest absolute Gasteiger partial charge is 0.196 e. The van der Waals surface area contributed by atoms with E-state index in [2.05, 4.69) is 27.0 Å². The second-order valence-corrected chi connectivity index (χ2v) is 6.35.